The molecule has 70 valence electrons. The minimum absolute atomic E-state index is 0.0637. The highest BCUT2D eigenvalue weighted by Gasteiger charge is 2.44. The topological polar surface area (TPSA) is 34.1 Å². The molecule has 2 nitrogen and oxygen atoms in total. The highest BCUT2D eigenvalue weighted by Crippen LogP contribution is 2.38. The predicted octanol–water partition coefficient (Wildman–Crippen LogP) is 1.72. The molecule has 2 aliphatic heterocycles. The van der Waals surface area contributed by atoms with Crippen LogP contribution < -0.4 is 0 Å². The first kappa shape index (κ1) is 8.82. The summed E-state index contributed by atoms with van der Waals surface area (Å²) >= 11 is 5.99. The first-order chi connectivity index (χ1) is 5.62. The molecule has 0 saturated carbocycles. The highest BCUT2D eigenvalue weighted by molar-refractivity contribution is 7.92. The Kier molecular flexibility index (Phi) is 2.11. The van der Waals surface area contributed by atoms with E-state index in [0.29, 0.717) is 0 Å². The molecule has 2 fully saturated rings. The summed E-state index contributed by atoms with van der Waals surface area (Å²) in [5, 5.41) is -0.413. The maximum atomic E-state index is 11.7. The molecule has 0 aromatic heterocycles. The molecule has 0 aromatic carbocycles. The van der Waals surface area contributed by atoms with Crippen LogP contribution in [0, 0.1) is 0 Å². The maximum Gasteiger partial charge on any atom is 0.157 e. The number of rotatable bonds is 0. The Morgan fingerprint density at radius 3 is 2.50 bits per heavy atom. The van der Waals surface area contributed by atoms with Gasteiger partial charge < -0.3 is 0 Å². The van der Waals surface area contributed by atoms with Gasteiger partial charge in [0.2, 0.25) is 0 Å². The van der Waals surface area contributed by atoms with Crippen molar-refractivity contribution in [3.05, 3.63) is 0 Å². The third kappa shape index (κ3) is 1.18. The van der Waals surface area contributed by atoms with Crippen LogP contribution in [-0.2, 0) is 9.84 Å². The minimum Gasteiger partial charge on any atom is -0.228 e. The molecule has 0 aliphatic carbocycles. The van der Waals surface area contributed by atoms with Gasteiger partial charge in [-0.25, -0.2) is 8.42 Å². The number of sulfone groups is 1. The molecule has 0 aromatic rings. The molecular formula is C8H13ClO2S. The van der Waals surface area contributed by atoms with Crippen molar-refractivity contribution in [2.45, 2.75) is 48.0 Å². The van der Waals surface area contributed by atoms with Crippen LogP contribution in [0.15, 0.2) is 0 Å². The number of fused-ring (bicyclic) bond motifs is 2. The maximum absolute atomic E-state index is 11.7. The van der Waals surface area contributed by atoms with Crippen LogP contribution in [0.3, 0.4) is 0 Å². The number of hydrogen-bond acceptors (Lipinski definition) is 2. The van der Waals surface area contributed by atoms with Crippen LogP contribution in [-0.4, -0.2) is 24.3 Å². The quantitative estimate of drug-likeness (QED) is 0.569. The van der Waals surface area contributed by atoms with E-state index in [2.05, 4.69) is 0 Å². The first-order valence-corrected chi connectivity index (χ1v) is 6.54. The summed E-state index contributed by atoms with van der Waals surface area (Å²) in [5.74, 6) is 0. The average molecular weight is 209 g/mol. The molecule has 2 saturated heterocycles. The lowest BCUT2D eigenvalue weighted by Gasteiger charge is -2.37. The molecule has 2 aliphatic rings. The SMILES string of the molecule is O=S1(=O)[C@H]2CCC[C@@H]1[C@H](Cl)CC2. The van der Waals surface area contributed by atoms with E-state index in [-0.39, 0.29) is 15.9 Å². The van der Waals surface area contributed by atoms with Gasteiger partial charge in [-0.1, -0.05) is 6.42 Å². The Balaban J connectivity index is 2.34. The van der Waals surface area contributed by atoms with Crippen molar-refractivity contribution in [1.82, 2.24) is 0 Å². The molecule has 2 heterocycles. The zero-order chi connectivity index (χ0) is 8.77. The third-order valence-corrected chi connectivity index (χ3v) is 6.55. The summed E-state index contributed by atoms with van der Waals surface area (Å²) in [5.41, 5.74) is 0. The Morgan fingerprint density at radius 2 is 1.83 bits per heavy atom. The van der Waals surface area contributed by atoms with Gasteiger partial charge in [0.25, 0.3) is 0 Å². The smallest absolute Gasteiger partial charge is 0.157 e. The molecule has 0 spiro atoms. The van der Waals surface area contributed by atoms with Crippen molar-refractivity contribution in [3.8, 4) is 0 Å². The van der Waals surface area contributed by atoms with Crippen molar-refractivity contribution >= 4 is 21.4 Å². The monoisotopic (exact) mass is 208 g/mol. The fourth-order valence-electron chi connectivity index (χ4n) is 2.35. The molecule has 3 atom stereocenters. The van der Waals surface area contributed by atoms with E-state index >= 15 is 0 Å². The van der Waals surface area contributed by atoms with Crippen LogP contribution >= 0.6 is 11.6 Å². The second-order valence-corrected chi connectivity index (χ2v) is 6.78. The first-order valence-electron chi connectivity index (χ1n) is 4.49. The Bertz CT molecular complexity index is 273. The van der Waals surface area contributed by atoms with Gasteiger partial charge in [0.1, 0.15) is 0 Å². The second-order valence-electron chi connectivity index (χ2n) is 3.77. The predicted molar refractivity (Wildman–Crippen MR) is 49.2 cm³/mol. The van der Waals surface area contributed by atoms with Gasteiger partial charge in [0, 0.05) is 0 Å². The fraction of sp³-hybridized carbons (Fsp3) is 1.00. The van der Waals surface area contributed by atoms with E-state index in [0.717, 1.165) is 32.1 Å². The van der Waals surface area contributed by atoms with E-state index in [1.54, 1.807) is 0 Å². The van der Waals surface area contributed by atoms with Crippen molar-refractivity contribution < 1.29 is 8.42 Å². The van der Waals surface area contributed by atoms with Crippen LogP contribution in [0.2, 0.25) is 0 Å². The minimum atomic E-state index is -2.85. The van der Waals surface area contributed by atoms with Crippen LogP contribution in [0.1, 0.15) is 32.1 Å². The zero-order valence-electron chi connectivity index (χ0n) is 6.87. The van der Waals surface area contributed by atoms with Gasteiger partial charge in [-0.05, 0) is 25.7 Å². The summed E-state index contributed by atoms with van der Waals surface area (Å²) < 4.78 is 23.4. The normalized spacial score (nSPS) is 45.6. The van der Waals surface area contributed by atoms with E-state index in [9.17, 15) is 8.42 Å². The van der Waals surface area contributed by atoms with Crippen molar-refractivity contribution in [2.75, 3.05) is 0 Å². The number of hydrogen-bond donors (Lipinski definition) is 0. The molecule has 4 heteroatoms. The molecule has 0 amide bonds. The van der Waals surface area contributed by atoms with Gasteiger partial charge in [0.05, 0.1) is 15.9 Å². The molecule has 12 heavy (non-hydrogen) atoms. The molecule has 2 bridgehead atoms. The summed E-state index contributed by atoms with van der Waals surface area (Å²) in [6, 6.07) is 0. The second kappa shape index (κ2) is 2.88. The van der Waals surface area contributed by atoms with E-state index < -0.39 is 9.84 Å². The third-order valence-electron chi connectivity index (χ3n) is 3.07. The Labute approximate surface area is 78.2 Å². The van der Waals surface area contributed by atoms with E-state index in [1.165, 1.54) is 0 Å². The van der Waals surface area contributed by atoms with Gasteiger partial charge in [0.15, 0.2) is 9.84 Å². The van der Waals surface area contributed by atoms with E-state index in [4.69, 9.17) is 11.6 Å². The molecule has 0 radical (unpaired) electrons. The molecule has 0 N–H and O–H groups in total. The van der Waals surface area contributed by atoms with Crippen LogP contribution in [0.5, 0.6) is 0 Å². The van der Waals surface area contributed by atoms with Gasteiger partial charge in [-0.15, -0.1) is 11.6 Å². The summed E-state index contributed by atoms with van der Waals surface area (Å²) in [4.78, 5) is 0. The van der Waals surface area contributed by atoms with Gasteiger partial charge in [-0.2, -0.15) is 0 Å². The van der Waals surface area contributed by atoms with Crippen LogP contribution in [0.25, 0.3) is 0 Å². The van der Waals surface area contributed by atoms with Crippen molar-refractivity contribution in [1.29, 1.82) is 0 Å². The largest absolute Gasteiger partial charge is 0.228 e. The van der Waals surface area contributed by atoms with Crippen molar-refractivity contribution in [2.24, 2.45) is 0 Å². The summed E-state index contributed by atoms with van der Waals surface area (Å²) in [6.45, 7) is 0. The average Bonchev–Trinajstić information content (AvgIpc) is 1.95. The summed E-state index contributed by atoms with van der Waals surface area (Å²) in [6.07, 6.45) is 4.36. The lowest BCUT2D eigenvalue weighted by molar-refractivity contribution is 0.436. The number of halogens is 1. The Morgan fingerprint density at radius 1 is 1.08 bits per heavy atom. The molecule has 2 rings (SSSR count). The highest BCUT2D eigenvalue weighted by atomic mass is 35.5. The Hall–Kier alpha value is 0.240. The van der Waals surface area contributed by atoms with Crippen LogP contribution in [0.4, 0.5) is 0 Å². The van der Waals surface area contributed by atoms with Gasteiger partial charge in [-0.3, -0.25) is 0 Å². The fourth-order valence-corrected chi connectivity index (χ4v) is 5.53. The lowest BCUT2D eigenvalue weighted by Crippen LogP contribution is -2.46. The number of alkyl halides is 1. The van der Waals surface area contributed by atoms with Gasteiger partial charge >= 0.3 is 0 Å². The molecule has 0 unspecified atom stereocenters. The zero-order valence-corrected chi connectivity index (χ0v) is 8.44. The standard InChI is InChI=1S/C8H13ClO2S/c9-7-5-4-6-2-1-3-8(7)12(6,10)11/h6-8H,1-5H2/t6-,7+,8+/m0/s1. The van der Waals surface area contributed by atoms with E-state index in [1.807, 2.05) is 0 Å². The summed E-state index contributed by atoms with van der Waals surface area (Å²) in [7, 11) is -2.85. The van der Waals surface area contributed by atoms with Crippen molar-refractivity contribution in [3.63, 3.8) is 0 Å². The lowest BCUT2D eigenvalue weighted by atomic mass is 9.98. The molecular weight excluding hydrogens is 196 g/mol.